The molecule has 0 amide bonds. The lowest BCUT2D eigenvalue weighted by molar-refractivity contribution is -0.138. The van der Waals surface area contributed by atoms with Gasteiger partial charge in [0.25, 0.3) is 0 Å². The number of carboxylic acid groups (broad SMARTS) is 1. The van der Waals surface area contributed by atoms with Crippen molar-refractivity contribution < 1.29 is 19.4 Å². The van der Waals surface area contributed by atoms with Crippen LogP contribution in [0.2, 0.25) is 0 Å². The number of ether oxygens (including phenoxy) is 1. The van der Waals surface area contributed by atoms with E-state index in [0.29, 0.717) is 6.61 Å². The van der Waals surface area contributed by atoms with Gasteiger partial charge in [0.05, 0.1) is 6.61 Å². The van der Waals surface area contributed by atoms with Crippen molar-refractivity contribution in [1.29, 1.82) is 0 Å². The van der Waals surface area contributed by atoms with E-state index in [0.717, 1.165) is 37.8 Å². The first kappa shape index (κ1) is 18.0. The zero-order chi connectivity index (χ0) is 13.5. The molecular weight excluding hydrogens is 222 g/mol. The standard InChI is InChI=1S/C10H16O4.C2H7N/c1-2-3-4-5-8-14-10(13)7-6-9(11)12;1-3-2/h6-7H,2-5,8H2,1H3,(H,11,12);3H,1-2H3. The summed E-state index contributed by atoms with van der Waals surface area (Å²) in [6.07, 6.45) is 5.82. The highest BCUT2D eigenvalue weighted by atomic mass is 16.5. The number of carbonyl (C=O) groups is 2. The molecule has 5 heteroatoms. The molecule has 0 bridgehead atoms. The molecule has 0 rings (SSSR count). The lowest BCUT2D eigenvalue weighted by Crippen LogP contribution is -2.03. The predicted octanol–water partition coefficient (Wildman–Crippen LogP) is 1.59. The number of unbranched alkanes of at least 4 members (excludes halogenated alkanes) is 3. The summed E-state index contributed by atoms with van der Waals surface area (Å²) in [5.41, 5.74) is 0. The average molecular weight is 245 g/mol. The molecule has 5 nitrogen and oxygen atoms in total. The van der Waals surface area contributed by atoms with Crippen LogP contribution in [0.3, 0.4) is 0 Å². The lowest BCUT2D eigenvalue weighted by Gasteiger charge is -2.00. The Kier molecular flexibility index (Phi) is 15.5. The Balaban J connectivity index is 0. The lowest BCUT2D eigenvalue weighted by atomic mass is 10.2. The van der Waals surface area contributed by atoms with Gasteiger partial charge in [0.1, 0.15) is 0 Å². The Morgan fingerprint density at radius 1 is 1.18 bits per heavy atom. The normalized spacial score (nSPS) is 9.59. The molecule has 0 heterocycles. The van der Waals surface area contributed by atoms with Crippen LogP contribution in [0.4, 0.5) is 0 Å². The van der Waals surface area contributed by atoms with Crippen LogP contribution < -0.4 is 5.32 Å². The number of rotatable bonds is 7. The highest BCUT2D eigenvalue weighted by Crippen LogP contribution is 1.99. The Hall–Kier alpha value is -1.36. The maximum absolute atomic E-state index is 10.8. The number of hydrogen-bond donors (Lipinski definition) is 2. The van der Waals surface area contributed by atoms with Gasteiger partial charge in [0, 0.05) is 12.2 Å². The molecule has 0 aliphatic rings. The largest absolute Gasteiger partial charge is 0.478 e. The molecular formula is C12H23NO4. The van der Waals surface area contributed by atoms with Gasteiger partial charge in [-0.2, -0.15) is 0 Å². The van der Waals surface area contributed by atoms with Gasteiger partial charge in [0.15, 0.2) is 0 Å². The summed E-state index contributed by atoms with van der Waals surface area (Å²) < 4.78 is 4.75. The van der Waals surface area contributed by atoms with Crippen molar-refractivity contribution >= 4 is 11.9 Å². The first-order valence-electron chi connectivity index (χ1n) is 5.74. The summed E-state index contributed by atoms with van der Waals surface area (Å²) in [4.78, 5) is 20.8. The number of nitrogens with one attached hydrogen (secondary N) is 1. The quantitative estimate of drug-likeness (QED) is 0.404. The number of hydrogen-bond acceptors (Lipinski definition) is 4. The third-order valence-corrected chi connectivity index (χ3v) is 1.60. The van der Waals surface area contributed by atoms with E-state index in [2.05, 4.69) is 12.2 Å². The number of carbonyl (C=O) groups excluding carboxylic acids is 1. The second kappa shape index (κ2) is 14.6. The van der Waals surface area contributed by atoms with Crippen molar-refractivity contribution in [2.75, 3.05) is 20.7 Å². The molecule has 0 atom stereocenters. The van der Waals surface area contributed by atoms with Crippen LogP contribution in [0.15, 0.2) is 12.2 Å². The van der Waals surface area contributed by atoms with Gasteiger partial charge in [-0.05, 0) is 20.5 Å². The van der Waals surface area contributed by atoms with Gasteiger partial charge in [0.2, 0.25) is 0 Å². The zero-order valence-electron chi connectivity index (χ0n) is 10.9. The average Bonchev–Trinajstić information content (AvgIpc) is 2.27. The maximum Gasteiger partial charge on any atom is 0.331 e. The smallest absolute Gasteiger partial charge is 0.331 e. The highest BCUT2D eigenvalue weighted by molar-refractivity contribution is 5.90. The van der Waals surface area contributed by atoms with Crippen LogP contribution in [-0.4, -0.2) is 37.7 Å². The van der Waals surface area contributed by atoms with Gasteiger partial charge in [-0.25, -0.2) is 9.59 Å². The fourth-order valence-corrected chi connectivity index (χ4v) is 0.889. The zero-order valence-corrected chi connectivity index (χ0v) is 10.9. The van der Waals surface area contributed by atoms with E-state index in [4.69, 9.17) is 9.84 Å². The third-order valence-electron chi connectivity index (χ3n) is 1.60. The summed E-state index contributed by atoms with van der Waals surface area (Å²) in [6, 6.07) is 0. The van der Waals surface area contributed by atoms with Gasteiger partial charge >= 0.3 is 11.9 Å². The van der Waals surface area contributed by atoms with Gasteiger partial charge in [-0.15, -0.1) is 0 Å². The van der Waals surface area contributed by atoms with Crippen LogP contribution in [0.5, 0.6) is 0 Å². The minimum absolute atomic E-state index is 0.364. The molecule has 0 saturated heterocycles. The first-order chi connectivity index (χ1) is 8.08. The molecule has 100 valence electrons. The Morgan fingerprint density at radius 3 is 2.24 bits per heavy atom. The van der Waals surface area contributed by atoms with Crippen molar-refractivity contribution in [2.45, 2.75) is 32.6 Å². The van der Waals surface area contributed by atoms with E-state index in [1.807, 2.05) is 14.1 Å². The van der Waals surface area contributed by atoms with Crippen molar-refractivity contribution in [3.8, 4) is 0 Å². The van der Waals surface area contributed by atoms with Crippen LogP contribution >= 0.6 is 0 Å². The molecule has 0 aromatic carbocycles. The molecule has 0 spiro atoms. The van der Waals surface area contributed by atoms with Crippen molar-refractivity contribution in [3.63, 3.8) is 0 Å². The minimum atomic E-state index is -1.15. The fraction of sp³-hybridized carbons (Fsp3) is 0.667. The summed E-state index contributed by atoms with van der Waals surface area (Å²) >= 11 is 0. The molecule has 17 heavy (non-hydrogen) atoms. The van der Waals surface area contributed by atoms with Gasteiger partial charge in [-0.1, -0.05) is 26.2 Å². The molecule has 0 aromatic heterocycles. The minimum Gasteiger partial charge on any atom is -0.478 e. The highest BCUT2D eigenvalue weighted by Gasteiger charge is 1.97. The molecule has 0 aromatic rings. The Bertz CT molecular complexity index is 227. The van der Waals surface area contributed by atoms with Crippen LogP contribution in [0.25, 0.3) is 0 Å². The molecule has 2 N–H and O–H groups in total. The van der Waals surface area contributed by atoms with E-state index in [1.165, 1.54) is 0 Å². The molecule has 0 aliphatic heterocycles. The van der Waals surface area contributed by atoms with Gasteiger partial charge < -0.3 is 15.2 Å². The second-order valence-electron chi connectivity index (χ2n) is 3.40. The molecule has 0 saturated carbocycles. The second-order valence-corrected chi connectivity index (χ2v) is 3.40. The Labute approximate surface area is 103 Å². The number of carboxylic acids is 1. The first-order valence-corrected chi connectivity index (χ1v) is 5.74. The third kappa shape index (κ3) is 20.7. The summed E-state index contributed by atoms with van der Waals surface area (Å²) in [5.74, 6) is -1.74. The summed E-state index contributed by atoms with van der Waals surface area (Å²) in [5, 5.41) is 11.0. The van der Waals surface area contributed by atoms with Crippen molar-refractivity contribution in [2.24, 2.45) is 0 Å². The monoisotopic (exact) mass is 245 g/mol. The van der Waals surface area contributed by atoms with E-state index < -0.39 is 11.9 Å². The summed E-state index contributed by atoms with van der Waals surface area (Å²) in [6.45, 7) is 2.46. The van der Waals surface area contributed by atoms with Crippen molar-refractivity contribution in [1.82, 2.24) is 5.32 Å². The van der Waals surface area contributed by atoms with Crippen LogP contribution in [0.1, 0.15) is 32.6 Å². The fourth-order valence-electron chi connectivity index (χ4n) is 0.889. The molecule has 0 aliphatic carbocycles. The van der Waals surface area contributed by atoms with E-state index >= 15 is 0 Å². The number of esters is 1. The molecule has 0 radical (unpaired) electrons. The van der Waals surface area contributed by atoms with E-state index in [9.17, 15) is 9.59 Å². The van der Waals surface area contributed by atoms with Crippen LogP contribution in [0, 0.1) is 0 Å². The summed E-state index contributed by atoms with van der Waals surface area (Å²) in [7, 11) is 3.75. The number of aliphatic carboxylic acids is 1. The maximum atomic E-state index is 10.8. The topological polar surface area (TPSA) is 75.6 Å². The van der Waals surface area contributed by atoms with Crippen molar-refractivity contribution in [3.05, 3.63) is 12.2 Å². The van der Waals surface area contributed by atoms with E-state index in [-0.39, 0.29) is 0 Å². The SMILES string of the molecule is CCCCCCOC(=O)C=CC(=O)O.CNC. The van der Waals surface area contributed by atoms with Crippen LogP contribution in [-0.2, 0) is 14.3 Å². The van der Waals surface area contributed by atoms with Gasteiger partial charge in [-0.3, -0.25) is 0 Å². The molecule has 0 unspecified atom stereocenters. The Morgan fingerprint density at radius 2 is 1.76 bits per heavy atom. The molecule has 0 fully saturated rings. The van der Waals surface area contributed by atoms with E-state index in [1.54, 1.807) is 0 Å². The predicted molar refractivity (Wildman–Crippen MR) is 66.9 cm³/mol.